The van der Waals surface area contributed by atoms with Gasteiger partial charge in [0, 0.05) is 11.9 Å². The Morgan fingerprint density at radius 1 is 1.55 bits per heavy atom. The molecule has 0 aromatic heterocycles. The van der Waals surface area contributed by atoms with E-state index in [4.69, 9.17) is 0 Å². The topological polar surface area (TPSA) is 12.4 Å². The zero-order valence-corrected chi connectivity index (χ0v) is 7.67. The predicted molar refractivity (Wildman–Crippen MR) is 51.9 cm³/mol. The molecule has 0 aromatic rings. The number of hydrogen-bond acceptors (Lipinski definition) is 1. The Hall–Kier alpha value is -0.850. The molecule has 0 aliphatic carbocycles. The highest BCUT2D eigenvalue weighted by Crippen LogP contribution is 2.02. The summed E-state index contributed by atoms with van der Waals surface area (Å²) in [7, 11) is 0. The van der Waals surface area contributed by atoms with Gasteiger partial charge in [0.2, 0.25) is 0 Å². The molecule has 0 saturated heterocycles. The van der Waals surface area contributed by atoms with Gasteiger partial charge in [-0.25, -0.2) is 0 Å². The summed E-state index contributed by atoms with van der Waals surface area (Å²) in [4.78, 5) is 4.30. The van der Waals surface area contributed by atoms with E-state index in [0.717, 1.165) is 12.1 Å². The molecule has 0 aromatic carbocycles. The molecule has 0 amide bonds. The Morgan fingerprint density at radius 3 is 2.55 bits per heavy atom. The maximum Gasteiger partial charge on any atom is 0.0396 e. The van der Waals surface area contributed by atoms with E-state index >= 15 is 0 Å². The van der Waals surface area contributed by atoms with Gasteiger partial charge in [0.05, 0.1) is 0 Å². The van der Waals surface area contributed by atoms with Gasteiger partial charge < -0.3 is 0 Å². The van der Waals surface area contributed by atoms with Gasteiger partial charge in [-0.3, -0.25) is 4.99 Å². The Kier molecular flexibility index (Phi) is 5.44. The summed E-state index contributed by atoms with van der Waals surface area (Å²) in [6, 6.07) is 0. The van der Waals surface area contributed by atoms with Crippen molar-refractivity contribution in [2.75, 3.05) is 0 Å². The van der Waals surface area contributed by atoms with Crippen LogP contribution in [0.4, 0.5) is 0 Å². The van der Waals surface area contributed by atoms with Crippen molar-refractivity contribution in [1.29, 1.82) is 0 Å². The van der Waals surface area contributed by atoms with Crippen LogP contribution in [0, 0.1) is 5.92 Å². The minimum Gasteiger partial charge on any atom is -0.265 e. The molecule has 0 rings (SSSR count). The molecule has 0 atom stereocenters. The average Bonchev–Trinajstić information content (AvgIpc) is 1.97. The maximum absolute atomic E-state index is 4.30. The summed E-state index contributed by atoms with van der Waals surface area (Å²) < 4.78 is 0. The summed E-state index contributed by atoms with van der Waals surface area (Å²) in [6.45, 7) is 9.95. The Morgan fingerprint density at radius 2 is 2.18 bits per heavy atom. The third-order valence-corrected chi connectivity index (χ3v) is 1.21. The quantitative estimate of drug-likeness (QED) is 0.432. The fraction of sp³-hybridized carbons (Fsp3) is 0.500. The van der Waals surface area contributed by atoms with E-state index in [2.05, 4.69) is 32.3 Å². The third-order valence-electron chi connectivity index (χ3n) is 1.21. The lowest BCUT2D eigenvalue weighted by atomic mass is 10.2. The number of hydrogen-bond donors (Lipinski definition) is 0. The number of aliphatic imine (C=N–C) groups is 1. The van der Waals surface area contributed by atoms with E-state index < -0.39 is 0 Å². The van der Waals surface area contributed by atoms with E-state index in [9.17, 15) is 0 Å². The highest BCUT2D eigenvalue weighted by molar-refractivity contribution is 5.61. The molecular weight excluding hydrogens is 134 g/mol. The van der Waals surface area contributed by atoms with Crippen LogP contribution in [0.2, 0.25) is 0 Å². The minimum atomic E-state index is 0.523. The first-order chi connectivity index (χ1) is 5.20. The Labute approximate surface area is 69.5 Å². The second kappa shape index (κ2) is 5.90. The standard InChI is InChI=1S/C10H17N/c1-5-7-10(6-2)11-8-9(3)4/h5,7-9H,1,6H2,2-4H3/b10-7+,11-8-. The molecule has 62 valence electrons. The summed E-state index contributed by atoms with van der Waals surface area (Å²) in [6.07, 6.45) is 6.64. The van der Waals surface area contributed by atoms with Crippen molar-refractivity contribution in [3.05, 3.63) is 24.4 Å². The summed E-state index contributed by atoms with van der Waals surface area (Å²) in [5.74, 6) is 0.523. The van der Waals surface area contributed by atoms with Crippen LogP contribution in [0.3, 0.4) is 0 Å². The fourth-order valence-corrected chi connectivity index (χ4v) is 0.633. The molecule has 0 spiro atoms. The fourth-order valence-electron chi connectivity index (χ4n) is 0.633. The zero-order valence-electron chi connectivity index (χ0n) is 7.67. The van der Waals surface area contributed by atoms with Crippen LogP contribution in [-0.2, 0) is 0 Å². The predicted octanol–water partition coefficient (Wildman–Crippen LogP) is 3.19. The van der Waals surface area contributed by atoms with Gasteiger partial charge in [0.15, 0.2) is 0 Å². The smallest absolute Gasteiger partial charge is 0.0396 e. The zero-order chi connectivity index (χ0) is 8.69. The molecule has 0 saturated carbocycles. The molecule has 0 N–H and O–H groups in total. The Bertz CT molecular complexity index is 164. The van der Waals surface area contributed by atoms with Crippen LogP contribution in [0.15, 0.2) is 29.4 Å². The van der Waals surface area contributed by atoms with Crippen molar-refractivity contribution in [2.45, 2.75) is 27.2 Å². The molecule has 1 heteroatoms. The summed E-state index contributed by atoms with van der Waals surface area (Å²) >= 11 is 0. The highest BCUT2D eigenvalue weighted by atomic mass is 14.7. The lowest BCUT2D eigenvalue weighted by Crippen LogP contribution is -1.87. The van der Waals surface area contributed by atoms with Crippen LogP contribution < -0.4 is 0 Å². The molecule has 0 radical (unpaired) electrons. The van der Waals surface area contributed by atoms with Gasteiger partial charge in [-0.05, 0) is 18.4 Å². The summed E-state index contributed by atoms with van der Waals surface area (Å²) in [5, 5.41) is 0. The van der Waals surface area contributed by atoms with Crippen molar-refractivity contribution >= 4 is 6.21 Å². The minimum absolute atomic E-state index is 0.523. The average molecular weight is 151 g/mol. The molecule has 0 unspecified atom stereocenters. The van der Waals surface area contributed by atoms with Crippen LogP contribution in [0.1, 0.15) is 27.2 Å². The third kappa shape index (κ3) is 5.59. The van der Waals surface area contributed by atoms with Gasteiger partial charge in [-0.2, -0.15) is 0 Å². The first-order valence-corrected chi connectivity index (χ1v) is 4.06. The van der Waals surface area contributed by atoms with E-state index in [-0.39, 0.29) is 0 Å². The monoisotopic (exact) mass is 151 g/mol. The first-order valence-electron chi connectivity index (χ1n) is 4.06. The van der Waals surface area contributed by atoms with E-state index in [0.29, 0.717) is 5.92 Å². The van der Waals surface area contributed by atoms with Gasteiger partial charge in [-0.15, -0.1) is 0 Å². The van der Waals surface area contributed by atoms with E-state index in [1.165, 1.54) is 0 Å². The molecule has 0 bridgehead atoms. The van der Waals surface area contributed by atoms with Crippen LogP contribution in [0.25, 0.3) is 0 Å². The molecule has 0 fully saturated rings. The largest absolute Gasteiger partial charge is 0.265 e. The maximum atomic E-state index is 4.30. The molecular formula is C10H17N. The van der Waals surface area contributed by atoms with Crippen molar-refractivity contribution < 1.29 is 0 Å². The lowest BCUT2D eigenvalue weighted by molar-refractivity contribution is 0.900. The molecule has 0 aliphatic heterocycles. The van der Waals surface area contributed by atoms with Crippen molar-refractivity contribution in [3.63, 3.8) is 0 Å². The molecule has 11 heavy (non-hydrogen) atoms. The van der Waals surface area contributed by atoms with E-state index in [1.807, 2.05) is 12.3 Å². The second-order valence-corrected chi connectivity index (χ2v) is 2.77. The van der Waals surface area contributed by atoms with Crippen LogP contribution in [-0.4, -0.2) is 6.21 Å². The highest BCUT2D eigenvalue weighted by Gasteiger charge is 1.88. The SMILES string of the molecule is C=C/C=C(CC)/N=C\C(C)C. The second-order valence-electron chi connectivity index (χ2n) is 2.77. The normalized spacial score (nSPS) is 12.9. The first kappa shape index (κ1) is 10.2. The molecule has 0 aliphatic rings. The van der Waals surface area contributed by atoms with E-state index in [1.54, 1.807) is 6.08 Å². The van der Waals surface area contributed by atoms with Crippen LogP contribution in [0.5, 0.6) is 0 Å². The van der Waals surface area contributed by atoms with Gasteiger partial charge in [-0.1, -0.05) is 33.4 Å². The number of allylic oxidation sites excluding steroid dienone is 3. The number of rotatable bonds is 4. The van der Waals surface area contributed by atoms with Gasteiger partial charge in [0.1, 0.15) is 0 Å². The van der Waals surface area contributed by atoms with Crippen LogP contribution >= 0.6 is 0 Å². The van der Waals surface area contributed by atoms with Crippen molar-refractivity contribution in [1.82, 2.24) is 0 Å². The lowest BCUT2D eigenvalue weighted by Gasteiger charge is -1.96. The van der Waals surface area contributed by atoms with Gasteiger partial charge in [0.25, 0.3) is 0 Å². The van der Waals surface area contributed by atoms with Gasteiger partial charge >= 0.3 is 0 Å². The van der Waals surface area contributed by atoms with Crippen molar-refractivity contribution in [2.24, 2.45) is 10.9 Å². The number of nitrogens with zero attached hydrogens (tertiary/aromatic N) is 1. The van der Waals surface area contributed by atoms with Crippen molar-refractivity contribution in [3.8, 4) is 0 Å². The summed E-state index contributed by atoms with van der Waals surface area (Å²) in [5.41, 5.74) is 1.09. The molecule has 0 heterocycles. The molecule has 1 nitrogen and oxygen atoms in total. The Balaban J connectivity index is 4.07.